The van der Waals surface area contributed by atoms with E-state index in [0.717, 1.165) is 4.31 Å². The third-order valence-electron chi connectivity index (χ3n) is 7.06. The van der Waals surface area contributed by atoms with Crippen LogP contribution in [0.15, 0.2) is 42.7 Å². The van der Waals surface area contributed by atoms with Crippen LogP contribution in [0.5, 0.6) is 5.75 Å². The third kappa shape index (κ3) is 5.74. The summed E-state index contributed by atoms with van der Waals surface area (Å²) in [5.41, 5.74) is 1.28. The number of imidazole rings is 1. The average Bonchev–Trinajstić information content (AvgIpc) is 3.67. The summed E-state index contributed by atoms with van der Waals surface area (Å²) >= 11 is 0. The van der Waals surface area contributed by atoms with Crippen LogP contribution in [-0.2, 0) is 14.9 Å². The Morgan fingerprint density at radius 3 is 2.85 bits per heavy atom. The van der Waals surface area contributed by atoms with Gasteiger partial charge in [0.15, 0.2) is 0 Å². The summed E-state index contributed by atoms with van der Waals surface area (Å²) in [6, 6.07) is 6.93. The van der Waals surface area contributed by atoms with E-state index in [0.29, 0.717) is 42.3 Å². The molecule has 0 radical (unpaired) electrons. The molecule has 10 nitrogen and oxygen atoms in total. The van der Waals surface area contributed by atoms with Gasteiger partial charge in [-0.05, 0) is 30.3 Å². The Balaban J connectivity index is 1.46. The lowest BCUT2D eigenvalue weighted by Crippen LogP contribution is -2.44. The molecule has 4 heterocycles. The number of ether oxygens (including phenoxy) is 2. The molecule has 3 aromatic rings. The predicted octanol–water partition coefficient (Wildman–Crippen LogP) is 3.20. The Morgan fingerprint density at radius 2 is 2.12 bits per heavy atom. The normalized spacial score (nSPS) is 21.4. The number of hydrogen-bond acceptors (Lipinski definition) is 7. The number of rotatable bonds is 10. The predicted molar refractivity (Wildman–Crippen MR) is 141 cm³/mol. The fraction of sp³-hybridized carbons (Fsp3) is 0.462. The summed E-state index contributed by atoms with van der Waals surface area (Å²) in [7, 11) is -4.29. The number of hydrogen-bond donors (Lipinski definition) is 1. The van der Waals surface area contributed by atoms with E-state index in [2.05, 4.69) is 4.98 Å². The van der Waals surface area contributed by atoms with Crippen LogP contribution in [-0.4, -0.2) is 79.8 Å². The first-order valence-corrected chi connectivity index (χ1v) is 14.4. The number of halogens is 3. The summed E-state index contributed by atoms with van der Waals surface area (Å²) in [6.07, 6.45) is 2.16. The van der Waals surface area contributed by atoms with Crippen molar-refractivity contribution in [3.8, 4) is 5.75 Å². The summed E-state index contributed by atoms with van der Waals surface area (Å²) in [5, 5.41) is 0. The van der Waals surface area contributed by atoms with Crippen molar-refractivity contribution in [2.75, 3.05) is 44.4 Å². The number of alkyl halides is 2. The molecule has 216 valence electrons. The molecular formula is C26H30F3N5O5S. The SMILES string of the molecule is CCN(CCF)S(=O)(=O)NC(=O)c1cnc2ccc(N3C[C@@H](F)C[C@@H]3c3cc(F)ccc3OC3CCOC3)cn12. The van der Waals surface area contributed by atoms with Crippen molar-refractivity contribution in [3.63, 3.8) is 0 Å². The van der Waals surface area contributed by atoms with Gasteiger partial charge >= 0.3 is 10.2 Å². The van der Waals surface area contributed by atoms with Gasteiger partial charge < -0.3 is 14.4 Å². The number of aromatic nitrogens is 2. The molecule has 40 heavy (non-hydrogen) atoms. The van der Waals surface area contributed by atoms with Crippen molar-refractivity contribution >= 4 is 27.5 Å². The van der Waals surface area contributed by atoms with Gasteiger partial charge in [-0.15, -0.1) is 0 Å². The molecular weight excluding hydrogens is 551 g/mol. The van der Waals surface area contributed by atoms with E-state index < -0.39 is 47.4 Å². The topological polar surface area (TPSA) is 105 Å². The minimum atomic E-state index is -4.29. The van der Waals surface area contributed by atoms with Crippen molar-refractivity contribution in [3.05, 3.63) is 59.8 Å². The number of carbonyl (C=O) groups excluding carboxylic acids is 1. The molecule has 2 fully saturated rings. The molecule has 0 spiro atoms. The lowest BCUT2D eigenvalue weighted by atomic mass is 10.0. The highest BCUT2D eigenvalue weighted by molar-refractivity contribution is 7.87. The fourth-order valence-corrected chi connectivity index (χ4v) is 6.24. The van der Waals surface area contributed by atoms with Gasteiger partial charge in [0.05, 0.1) is 31.1 Å². The zero-order chi connectivity index (χ0) is 28.4. The Bertz CT molecular complexity index is 1480. The van der Waals surface area contributed by atoms with Crippen molar-refractivity contribution in [2.24, 2.45) is 0 Å². The zero-order valence-corrected chi connectivity index (χ0v) is 22.6. The van der Waals surface area contributed by atoms with Crippen molar-refractivity contribution in [1.82, 2.24) is 18.4 Å². The van der Waals surface area contributed by atoms with Crippen molar-refractivity contribution in [2.45, 2.75) is 38.1 Å². The number of pyridine rings is 1. The van der Waals surface area contributed by atoms with E-state index in [4.69, 9.17) is 9.47 Å². The van der Waals surface area contributed by atoms with Crippen LogP contribution in [0, 0.1) is 5.82 Å². The van der Waals surface area contributed by atoms with Crippen molar-refractivity contribution < 1.29 is 35.9 Å². The van der Waals surface area contributed by atoms with Gasteiger partial charge in [-0.25, -0.2) is 22.9 Å². The number of anilines is 1. The van der Waals surface area contributed by atoms with Crippen LogP contribution in [0.1, 0.15) is 41.9 Å². The summed E-state index contributed by atoms with van der Waals surface area (Å²) in [6.45, 7) is 1.21. The van der Waals surface area contributed by atoms with E-state index in [1.807, 2.05) is 4.72 Å². The van der Waals surface area contributed by atoms with Gasteiger partial charge in [0, 0.05) is 44.2 Å². The maximum atomic E-state index is 14.9. The van der Waals surface area contributed by atoms with Gasteiger partial charge in [-0.3, -0.25) is 9.20 Å². The Labute approximate surface area is 229 Å². The zero-order valence-electron chi connectivity index (χ0n) is 21.8. The molecule has 1 N–H and O–H groups in total. The molecule has 1 amide bonds. The summed E-state index contributed by atoms with van der Waals surface area (Å²) in [5.74, 6) is -0.988. The fourth-order valence-electron chi connectivity index (χ4n) is 5.12. The summed E-state index contributed by atoms with van der Waals surface area (Å²) < 4.78 is 82.9. The molecule has 0 saturated carbocycles. The maximum Gasteiger partial charge on any atom is 0.304 e. The Morgan fingerprint density at radius 1 is 1.30 bits per heavy atom. The second kappa shape index (κ2) is 11.6. The first kappa shape index (κ1) is 28.2. The van der Waals surface area contributed by atoms with Gasteiger partial charge in [0.25, 0.3) is 5.91 Å². The first-order chi connectivity index (χ1) is 19.2. The van der Waals surface area contributed by atoms with Crippen LogP contribution >= 0.6 is 0 Å². The van der Waals surface area contributed by atoms with E-state index in [9.17, 15) is 26.4 Å². The highest BCUT2D eigenvalue weighted by atomic mass is 32.2. The minimum Gasteiger partial charge on any atom is -0.488 e. The minimum absolute atomic E-state index is 0.0119. The van der Waals surface area contributed by atoms with Gasteiger partial charge in [-0.1, -0.05) is 6.92 Å². The highest BCUT2D eigenvalue weighted by Gasteiger charge is 2.36. The third-order valence-corrected chi connectivity index (χ3v) is 8.63. The quantitative estimate of drug-likeness (QED) is 0.392. The average molecular weight is 582 g/mol. The molecule has 2 aliphatic rings. The number of amides is 1. The standard InChI is InChI=1S/C26H30F3N5O5S/c1-2-32(9-8-27)40(36,37)31-26(35)23-13-30-25-6-4-19(15-34(23)25)33-14-18(29)12-22(33)21-11-17(28)3-5-24(21)39-20-7-10-38-16-20/h3-6,11,13,15,18,20,22H,2,7-10,12,14,16H2,1H3,(H,31,35)/t18-,20?,22+/m0/s1. The molecule has 3 atom stereocenters. The molecule has 14 heteroatoms. The van der Waals surface area contributed by atoms with Crippen LogP contribution in [0.2, 0.25) is 0 Å². The van der Waals surface area contributed by atoms with Gasteiger partial charge in [-0.2, -0.15) is 12.7 Å². The first-order valence-electron chi connectivity index (χ1n) is 13.0. The monoisotopic (exact) mass is 581 g/mol. The highest BCUT2D eigenvalue weighted by Crippen LogP contribution is 2.42. The molecule has 2 aromatic heterocycles. The second-order valence-corrected chi connectivity index (χ2v) is 11.3. The van der Waals surface area contributed by atoms with Crippen LogP contribution in [0.25, 0.3) is 5.65 Å². The molecule has 5 rings (SSSR count). The van der Waals surface area contributed by atoms with E-state index in [-0.39, 0.29) is 31.3 Å². The van der Waals surface area contributed by atoms with Gasteiger partial charge in [0.1, 0.15) is 41.9 Å². The number of fused-ring (bicyclic) bond motifs is 1. The van der Waals surface area contributed by atoms with E-state index in [1.54, 1.807) is 23.2 Å². The lowest BCUT2D eigenvalue weighted by Gasteiger charge is -2.29. The molecule has 0 aliphatic carbocycles. The van der Waals surface area contributed by atoms with Crippen LogP contribution in [0.3, 0.4) is 0 Å². The largest absolute Gasteiger partial charge is 0.488 e. The number of benzene rings is 1. The van der Waals surface area contributed by atoms with Crippen LogP contribution in [0.4, 0.5) is 18.9 Å². The molecule has 1 aromatic carbocycles. The maximum absolute atomic E-state index is 14.9. The summed E-state index contributed by atoms with van der Waals surface area (Å²) in [4.78, 5) is 18.9. The number of nitrogens with one attached hydrogen (secondary N) is 1. The molecule has 2 saturated heterocycles. The molecule has 0 bridgehead atoms. The van der Waals surface area contributed by atoms with Crippen LogP contribution < -0.4 is 14.4 Å². The smallest absolute Gasteiger partial charge is 0.304 e. The molecule has 2 aliphatic heterocycles. The van der Waals surface area contributed by atoms with E-state index >= 15 is 0 Å². The Hall–Kier alpha value is -3.36. The second-order valence-electron chi connectivity index (χ2n) is 9.66. The number of nitrogens with zero attached hydrogens (tertiary/aromatic N) is 4. The van der Waals surface area contributed by atoms with Crippen molar-refractivity contribution in [1.29, 1.82) is 0 Å². The molecule has 1 unspecified atom stereocenters. The van der Waals surface area contributed by atoms with Gasteiger partial charge in [0.2, 0.25) is 0 Å². The van der Waals surface area contributed by atoms with E-state index in [1.165, 1.54) is 35.7 Å². The Kier molecular flexibility index (Phi) is 8.19. The number of carbonyl (C=O) groups is 1. The lowest BCUT2D eigenvalue weighted by molar-refractivity contribution is 0.0973.